The standard InChI is InChI=1S/C28H37NO3/c1-8-27(3,4)20-14-15-25(21(17-20)28(5,6)9-2)32-18-24(30)26(31-7)23-16-19-12-10-11-13-22(19)29-23/h10-17,26,29H,8-9,18H2,1-7H3. The van der Waals surface area contributed by atoms with Crippen molar-refractivity contribution in [3.63, 3.8) is 0 Å². The van der Waals surface area contributed by atoms with Crippen LogP contribution in [-0.4, -0.2) is 24.5 Å². The van der Waals surface area contributed by atoms with Crippen LogP contribution in [0.2, 0.25) is 0 Å². The highest BCUT2D eigenvalue weighted by Gasteiger charge is 2.28. The number of rotatable bonds is 10. The number of ketones is 1. The third-order valence-electron chi connectivity index (χ3n) is 6.99. The normalized spacial score (nSPS) is 13.3. The Hall–Kier alpha value is -2.59. The molecule has 0 radical (unpaired) electrons. The van der Waals surface area contributed by atoms with Gasteiger partial charge < -0.3 is 14.5 Å². The number of fused-ring (bicyclic) bond motifs is 1. The van der Waals surface area contributed by atoms with Crippen LogP contribution in [0.4, 0.5) is 0 Å². The number of hydrogen-bond acceptors (Lipinski definition) is 3. The van der Waals surface area contributed by atoms with Crippen LogP contribution in [-0.2, 0) is 20.4 Å². The minimum absolute atomic E-state index is 0.0445. The maximum absolute atomic E-state index is 13.1. The molecule has 0 aliphatic heterocycles. The van der Waals surface area contributed by atoms with Crippen molar-refractivity contribution in [1.82, 2.24) is 4.98 Å². The average Bonchev–Trinajstić information content (AvgIpc) is 3.21. The predicted molar refractivity (Wildman–Crippen MR) is 132 cm³/mol. The van der Waals surface area contributed by atoms with Crippen LogP contribution in [0.3, 0.4) is 0 Å². The predicted octanol–water partition coefficient (Wildman–Crippen LogP) is 6.88. The molecule has 1 N–H and O–H groups in total. The Kier molecular flexibility index (Phi) is 7.14. The van der Waals surface area contributed by atoms with E-state index in [0.29, 0.717) is 0 Å². The van der Waals surface area contributed by atoms with Crippen LogP contribution < -0.4 is 4.74 Å². The van der Waals surface area contributed by atoms with E-state index >= 15 is 0 Å². The Morgan fingerprint density at radius 2 is 1.66 bits per heavy atom. The van der Waals surface area contributed by atoms with Crippen LogP contribution >= 0.6 is 0 Å². The second-order valence-electron chi connectivity index (χ2n) is 9.87. The summed E-state index contributed by atoms with van der Waals surface area (Å²) in [6, 6.07) is 16.3. The molecule has 1 unspecified atom stereocenters. The number of aromatic amines is 1. The maximum atomic E-state index is 13.1. The van der Waals surface area contributed by atoms with E-state index in [1.807, 2.05) is 36.4 Å². The van der Waals surface area contributed by atoms with Crippen molar-refractivity contribution in [1.29, 1.82) is 0 Å². The molecule has 32 heavy (non-hydrogen) atoms. The Morgan fingerprint density at radius 1 is 0.969 bits per heavy atom. The molecule has 1 heterocycles. The van der Waals surface area contributed by atoms with Gasteiger partial charge in [-0.25, -0.2) is 0 Å². The van der Waals surface area contributed by atoms with E-state index in [1.54, 1.807) is 7.11 Å². The average molecular weight is 436 g/mol. The van der Waals surface area contributed by atoms with Gasteiger partial charge >= 0.3 is 0 Å². The van der Waals surface area contributed by atoms with Gasteiger partial charge in [0.05, 0.1) is 5.69 Å². The van der Waals surface area contributed by atoms with Gasteiger partial charge in [-0.1, -0.05) is 71.9 Å². The summed E-state index contributed by atoms with van der Waals surface area (Å²) in [7, 11) is 1.56. The summed E-state index contributed by atoms with van der Waals surface area (Å²) < 4.78 is 11.7. The van der Waals surface area contributed by atoms with Gasteiger partial charge in [-0.3, -0.25) is 4.79 Å². The first-order chi connectivity index (χ1) is 15.1. The topological polar surface area (TPSA) is 51.3 Å². The first-order valence-electron chi connectivity index (χ1n) is 11.5. The second kappa shape index (κ2) is 9.50. The Morgan fingerprint density at radius 3 is 2.28 bits per heavy atom. The number of Topliss-reactive ketones (excluding diaryl/α,β-unsaturated/α-hetero) is 1. The molecule has 3 rings (SSSR count). The van der Waals surface area contributed by atoms with Crippen LogP contribution in [0.1, 0.15) is 77.3 Å². The zero-order valence-corrected chi connectivity index (χ0v) is 20.5. The van der Waals surface area contributed by atoms with Crippen molar-refractivity contribution in [3.05, 3.63) is 65.4 Å². The minimum Gasteiger partial charge on any atom is -0.485 e. The highest BCUT2D eigenvalue weighted by molar-refractivity contribution is 5.88. The molecule has 0 saturated heterocycles. The molecule has 0 aliphatic rings. The molecule has 0 amide bonds. The summed E-state index contributed by atoms with van der Waals surface area (Å²) in [6.45, 7) is 13.3. The third-order valence-corrected chi connectivity index (χ3v) is 6.99. The third kappa shape index (κ3) is 4.91. The molecule has 0 fully saturated rings. The van der Waals surface area contributed by atoms with Gasteiger partial charge in [0.25, 0.3) is 0 Å². The number of aromatic nitrogens is 1. The van der Waals surface area contributed by atoms with Gasteiger partial charge in [-0.2, -0.15) is 0 Å². The smallest absolute Gasteiger partial charge is 0.204 e. The highest BCUT2D eigenvalue weighted by Crippen LogP contribution is 2.38. The molecule has 0 spiro atoms. The van der Waals surface area contributed by atoms with Crippen molar-refractivity contribution in [2.75, 3.05) is 13.7 Å². The van der Waals surface area contributed by atoms with Gasteiger partial charge in [0, 0.05) is 18.2 Å². The number of benzene rings is 2. The van der Waals surface area contributed by atoms with E-state index in [2.05, 4.69) is 58.7 Å². The van der Waals surface area contributed by atoms with Crippen LogP contribution in [0, 0.1) is 0 Å². The number of hydrogen-bond donors (Lipinski definition) is 1. The van der Waals surface area contributed by atoms with Gasteiger partial charge in [0.1, 0.15) is 12.4 Å². The minimum atomic E-state index is -0.691. The fraction of sp³-hybridized carbons (Fsp3) is 0.464. The summed E-state index contributed by atoms with van der Waals surface area (Å²) in [5, 5.41) is 1.05. The molecule has 1 aromatic heterocycles. The lowest BCUT2D eigenvalue weighted by Gasteiger charge is -2.30. The summed E-state index contributed by atoms with van der Waals surface area (Å²) in [4.78, 5) is 16.4. The zero-order valence-electron chi connectivity index (χ0n) is 20.5. The molecular formula is C28H37NO3. The molecule has 1 atom stereocenters. The van der Waals surface area contributed by atoms with E-state index in [1.165, 1.54) is 5.56 Å². The number of ether oxygens (including phenoxy) is 2. The van der Waals surface area contributed by atoms with Gasteiger partial charge in [-0.05, 0) is 52.8 Å². The lowest BCUT2D eigenvalue weighted by atomic mass is 9.76. The van der Waals surface area contributed by atoms with E-state index in [-0.39, 0.29) is 23.2 Å². The molecule has 0 bridgehead atoms. The van der Waals surface area contributed by atoms with E-state index < -0.39 is 6.10 Å². The lowest BCUT2D eigenvalue weighted by molar-refractivity contribution is -0.131. The van der Waals surface area contributed by atoms with Crippen molar-refractivity contribution < 1.29 is 14.3 Å². The van der Waals surface area contributed by atoms with Crippen molar-refractivity contribution in [2.24, 2.45) is 0 Å². The molecule has 0 aliphatic carbocycles. The number of carbonyl (C=O) groups excluding carboxylic acids is 1. The van der Waals surface area contributed by atoms with Crippen LogP contribution in [0.25, 0.3) is 10.9 Å². The second-order valence-corrected chi connectivity index (χ2v) is 9.87. The zero-order chi connectivity index (χ0) is 23.5. The molecule has 4 nitrogen and oxygen atoms in total. The molecule has 3 aromatic rings. The molecule has 4 heteroatoms. The number of H-pyrrole nitrogens is 1. The Bertz CT molecular complexity index is 1040. The van der Waals surface area contributed by atoms with Gasteiger partial charge in [0.15, 0.2) is 6.10 Å². The fourth-order valence-corrected chi connectivity index (χ4v) is 3.89. The molecule has 172 valence electrons. The monoisotopic (exact) mass is 435 g/mol. The summed E-state index contributed by atoms with van der Waals surface area (Å²) in [5.41, 5.74) is 4.20. The fourth-order valence-electron chi connectivity index (χ4n) is 3.89. The highest BCUT2D eigenvalue weighted by atomic mass is 16.5. The van der Waals surface area contributed by atoms with E-state index in [4.69, 9.17) is 9.47 Å². The molecule has 2 aromatic carbocycles. The maximum Gasteiger partial charge on any atom is 0.204 e. The quantitative estimate of drug-likeness (QED) is 0.378. The van der Waals surface area contributed by atoms with Gasteiger partial charge in [-0.15, -0.1) is 0 Å². The van der Waals surface area contributed by atoms with E-state index in [0.717, 1.165) is 40.8 Å². The summed E-state index contributed by atoms with van der Waals surface area (Å²) in [5.74, 6) is 0.657. The van der Waals surface area contributed by atoms with Gasteiger partial charge in [0.2, 0.25) is 5.78 Å². The van der Waals surface area contributed by atoms with Crippen LogP contribution in [0.5, 0.6) is 5.75 Å². The van der Waals surface area contributed by atoms with Crippen molar-refractivity contribution in [2.45, 2.75) is 71.3 Å². The molecular weight excluding hydrogens is 398 g/mol. The Balaban J connectivity index is 1.85. The Labute approximate surface area is 192 Å². The number of carbonyl (C=O) groups is 1. The van der Waals surface area contributed by atoms with Crippen molar-refractivity contribution in [3.8, 4) is 5.75 Å². The number of nitrogens with one attached hydrogen (secondary N) is 1. The van der Waals surface area contributed by atoms with Crippen molar-refractivity contribution >= 4 is 16.7 Å². The molecule has 0 saturated carbocycles. The first kappa shape index (κ1) is 24.1. The summed E-state index contributed by atoms with van der Waals surface area (Å²) in [6.07, 6.45) is 1.34. The number of methoxy groups -OCH3 is 1. The lowest BCUT2D eigenvalue weighted by Crippen LogP contribution is -2.24. The number of para-hydroxylation sites is 1. The largest absolute Gasteiger partial charge is 0.485 e. The summed E-state index contributed by atoms with van der Waals surface area (Å²) >= 11 is 0. The first-order valence-corrected chi connectivity index (χ1v) is 11.5. The SMILES string of the molecule is CCC(C)(C)c1ccc(OCC(=O)C(OC)c2cc3ccccc3[nH]2)c(C(C)(C)CC)c1. The van der Waals surface area contributed by atoms with E-state index in [9.17, 15) is 4.79 Å². The van der Waals surface area contributed by atoms with Crippen LogP contribution in [0.15, 0.2) is 48.5 Å².